The number of phenols is 1. The molecule has 0 bridgehead atoms. The zero-order chi connectivity index (χ0) is 51.7. The lowest BCUT2D eigenvalue weighted by Crippen LogP contribution is -2.46. The number of ketones is 4. The Balaban J connectivity index is 2.19. The minimum Gasteiger partial charge on any atom is -0.508 e. The molecule has 20 nitrogen and oxygen atoms in total. The van der Waals surface area contributed by atoms with Gasteiger partial charge in [0.05, 0.1) is 55.6 Å². The van der Waals surface area contributed by atoms with Crippen molar-refractivity contribution in [3.05, 3.63) is 29.8 Å². The van der Waals surface area contributed by atoms with Crippen molar-refractivity contribution in [1.82, 2.24) is 26.6 Å². The molecule has 6 atom stereocenters. The highest BCUT2D eigenvalue weighted by Crippen LogP contribution is 2.20. The second-order valence-corrected chi connectivity index (χ2v) is 19.2. The van der Waals surface area contributed by atoms with Gasteiger partial charge < -0.3 is 53.0 Å². The topological polar surface area (TPSA) is 326 Å². The number of hydrogen-bond donors (Lipinski definition) is 9. The molecule has 1 fully saturated rings. The zero-order valence-corrected chi connectivity index (χ0v) is 43.3. The second-order valence-electron chi connectivity index (χ2n) is 17.6. The van der Waals surface area contributed by atoms with E-state index in [2.05, 4.69) is 47.5 Å². The van der Waals surface area contributed by atoms with Crippen molar-refractivity contribution in [2.45, 2.75) is 115 Å². The average molecular weight is 1070 g/mol. The lowest BCUT2D eigenvalue weighted by Gasteiger charge is -2.25. The minimum absolute atomic E-state index is 0.00992. The summed E-state index contributed by atoms with van der Waals surface area (Å²) in [6.45, 7) is 5.65. The minimum atomic E-state index is -0.833. The summed E-state index contributed by atoms with van der Waals surface area (Å²) < 4.78 is 11.0. The number of halogens is 1. The molecule has 1 heterocycles. The maximum absolute atomic E-state index is 14.1. The van der Waals surface area contributed by atoms with E-state index < -0.39 is 30.0 Å². The lowest BCUT2D eigenvalue weighted by atomic mass is 9.88. The Morgan fingerprint density at radius 1 is 0.929 bits per heavy atom. The number of hydrogen-bond acceptors (Lipinski definition) is 15. The van der Waals surface area contributed by atoms with E-state index >= 15 is 0 Å². The fourth-order valence-electron chi connectivity index (χ4n) is 7.54. The van der Waals surface area contributed by atoms with Gasteiger partial charge in [-0.1, -0.05) is 48.3 Å². The molecule has 2 rings (SSSR count). The van der Waals surface area contributed by atoms with Gasteiger partial charge in [-0.15, -0.1) is 11.8 Å². The number of aliphatic imine (C=N–C) groups is 1. The van der Waals surface area contributed by atoms with E-state index in [4.69, 9.17) is 26.7 Å². The molecule has 22 heteroatoms. The van der Waals surface area contributed by atoms with Gasteiger partial charge in [-0.25, -0.2) is 0 Å². The van der Waals surface area contributed by atoms with Gasteiger partial charge in [0.2, 0.25) is 23.6 Å². The number of guanidine groups is 1. The number of nitrogens with one attached hydrogen (secondary N) is 5. The summed E-state index contributed by atoms with van der Waals surface area (Å²) in [5.41, 5.74) is 17.6. The van der Waals surface area contributed by atoms with E-state index in [9.17, 15) is 43.5 Å². The molecule has 4 amide bonds. The third-order valence-corrected chi connectivity index (χ3v) is 13.6. The number of thioether (sulfide) groups is 1. The SMILES string of the molecule is CC[C@H](C)[C@@H]1NC(=O)CCNC(=O)CSC[C@@H](C(=O)CC[C@@H](CCCN=C(N)N)CN[C@@H](Cc2ccc(O)cc2)C(N)=O)NCC(=O)[C@H](CCNC(=O)CCOCCOCCCC(=O)CBr)CCC1=O. The van der Waals surface area contributed by atoms with E-state index in [1.54, 1.807) is 12.1 Å². The van der Waals surface area contributed by atoms with E-state index in [1.165, 1.54) is 23.9 Å². The fourth-order valence-corrected chi connectivity index (χ4v) is 8.76. The molecule has 0 spiro atoms. The van der Waals surface area contributed by atoms with Gasteiger partial charge >= 0.3 is 0 Å². The highest BCUT2D eigenvalue weighted by molar-refractivity contribution is 9.09. The average Bonchev–Trinajstić information content (AvgIpc) is 3.33. The first kappa shape index (κ1) is 61.6. The van der Waals surface area contributed by atoms with Crippen molar-refractivity contribution in [2.24, 2.45) is 39.9 Å². The van der Waals surface area contributed by atoms with E-state index in [0.29, 0.717) is 70.2 Å². The number of amides is 4. The number of nitrogens with zero attached hydrogens (tertiary/aromatic N) is 1. The number of carbonyl (C=O) groups is 8. The molecule has 1 aliphatic rings. The van der Waals surface area contributed by atoms with Crippen LogP contribution in [0.1, 0.15) is 96.5 Å². The number of phenolic OH excluding ortho intramolecular Hbond substituents is 1. The predicted molar refractivity (Wildman–Crippen MR) is 273 cm³/mol. The molecule has 0 radical (unpaired) electrons. The van der Waals surface area contributed by atoms with Crippen LogP contribution in [-0.4, -0.2) is 152 Å². The van der Waals surface area contributed by atoms with Crippen LogP contribution in [0.5, 0.6) is 5.75 Å². The molecule has 12 N–H and O–H groups in total. The number of aromatic hydroxyl groups is 1. The summed E-state index contributed by atoms with van der Waals surface area (Å²) in [4.78, 5) is 108. The molecule has 0 saturated carbocycles. The molecule has 0 aromatic heterocycles. The maximum Gasteiger partial charge on any atom is 0.234 e. The van der Waals surface area contributed by atoms with Gasteiger partial charge in [-0.3, -0.25) is 48.7 Å². The molecule has 0 aliphatic carbocycles. The van der Waals surface area contributed by atoms with E-state index in [-0.39, 0.29) is 154 Å². The van der Waals surface area contributed by atoms with Crippen molar-refractivity contribution in [3.8, 4) is 5.75 Å². The number of primary amides is 1. The third kappa shape index (κ3) is 27.8. The number of ether oxygens (including phenoxy) is 2. The number of Topliss-reactive ketones (excluding diaryl/α,β-unsaturated/α-hetero) is 4. The van der Waals surface area contributed by atoms with E-state index in [0.717, 1.165) is 5.56 Å². The van der Waals surface area contributed by atoms with Crippen LogP contribution in [-0.2, 0) is 54.3 Å². The Morgan fingerprint density at radius 3 is 2.34 bits per heavy atom. The van der Waals surface area contributed by atoms with Crippen LogP contribution >= 0.6 is 27.7 Å². The van der Waals surface area contributed by atoms with Crippen LogP contribution in [0.25, 0.3) is 0 Å². The quantitative estimate of drug-likeness (QED) is 0.0227. The summed E-state index contributed by atoms with van der Waals surface area (Å²) in [7, 11) is 0. The van der Waals surface area contributed by atoms with Crippen LogP contribution < -0.4 is 43.8 Å². The number of rotatable bonds is 30. The Hall–Kier alpha value is -4.48. The van der Waals surface area contributed by atoms with Gasteiger partial charge in [-0.2, -0.15) is 0 Å². The molecule has 1 aromatic carbocycles. The summed E-state index contributed by atoms with van der Waals surface area (Å²) in [5.74, 6) is -2.95. The van der Waals surface area contributed by atoms with Gasteiger partial charge in [0.1, 0.15) is 17.3 Å². The number of nitrogens with two attached hydrogens (primary N) is 3. The van der Waals surface area contributed by atoms with Crippen LogP contribution in [0, 0.1) is 17.8 Å². The van der Waals surface area contributed by atoms with Gasteiger partial charge in [0.25, 0.3) is 0 Å². The lowest BCUT2D eigenvalue weighted by molar-refractivity contribution is -0.130. The van der Waals surface area contributed by atoms with Crippen molar-refractivity contribution >= 4 is 80.4 Å². The Labute approximate surface area is 425 Å². The molecule has 70 heavy (non-hydrogen) atoms. The molecule has 1 saturated heterocycles. The third-order valence-electron chi connectivity index (χ3n) is 12.0. The Morgan fingerprint density at radius 2 is 1.66 bits per heavy atom. The van der Waals surface area contributed by atoms with Crippen molar-refractivity contribution in [2.75, 3.05) is 76.0 Å². The molecular formula is C48H78BrN9O11S. The van der Waals surface area contributed by atoms with Gasteiger partial charge in [-0.05, 0) is 81.0 Å². The van der Waals surface area contributed by atoms with Crippen LogP contribution in [0.3, 0.4) is 0 Å². The van der Waals surface area contributed by atoms with Crippen molar-refractivity contribution in [3.63, 3.8) is 0 Å². The number of benzene rings is 1. The largest absolute Gasteiger partial charge is 0.508 e. The Bertz CT molecular complexity index is 1820. The first-order valence-electron chi connectivity index (χ1n) is 24.3. The molecular weight excluding hydrogens is 991 g/mol. The molecule has 394 valence electrons. The monoisotopic (exact) mass is 1070 g/mol. The van der Waals surface area contributed by atoms with Crippen LogP contribution in [0.4, 0.5) is 0 Å². The highest BCUT2D eigenvalue weighted by Gasteiger charge is 2.29. The first-order chi connectivity index (χ1) is 33.5. The molecule has 0 unspecified atom stereocenters. The van der Waals surface area contributed by atoms with Crippen molar-refractivity contribution in [1.29, 1.82) is 0 Å². The van der Waals surface area contributed by atoms with Crippen molar-refractivity contribution < 1.29 is 52.9 Å². The highest BCUT2D eigenvalue weighted by atomic mass is 79.9. The van der Waals surface area contributed by atoms with Gasteiger partial charge in [0, 0.05) is 70.0 Å². The maximum atomic E-state index is 14.1. The number of carbonyl (C=O) groups excluding carboxylic acids is 8. The fraction of sp³-hybridized carbons (Fsp3) is 0.688. The first-order valence-corrected chi connectivity index (χ1v) is 26.6. The van der Waals surface area contributed by atoms with E-state index in [1.807, 2.05) is 13.8 Å². The molecule has 1 aromatic rings. The normalized spacial score (nSPS) is 19.1. The van der Waals surface area contributed by atoms with Crippen LogP contribution in [0.15, 0.2) is 29.3 Å². The zero-order valence-electron chi connectivity index (χ0n) is 40.9. The summed E-state index contributed by atoms with van der Waals surface area (Å²) >= 11 is 4.34. The smallest absolute Gasteiger partial charge is 0.234 e. The summed E-state index contributed by atoms with van der Waals surface area (Å²) in [6.07, 6.45) is 4.02. The second kappa shape index (κ2) is 36.4. The summed E-state index contributed by atoms with van der Waals surface area (Å²) in [6, 6.07) is 4.11. The predicted octanol–water partition coefficient (Wildman–Crippen LogP) is 1.35. The summed E-state index contributed by atoms with van der Waals surface area (Å²) in [5, 5.41) is 24.8. The molecule has 1 aliphatic heterocycles. The number of alkyl halides is 1. The van der Waals surface area contributed by atoms with Gasteiger partial charge in [0.15, 0.2) is 17.5 Å². The standard InChI is InChI=1S/C48H78BrN9O11S/c1-3-32(2)46-41(62)15-11-35(16-20-53-43(64)18-23-69-25-24-68-22-5-7-37(60)27-49)42(63)29-57-39(30-70-31-45(66)54-21-17-44(65)58-46)40(61)14-10-34(6-4-19-55-48(51)52)28-56-38(47(50)67)26-33-8-12-36(59)13-9-33/h8-9,12-13,32,34-35,38-39,46,56-57,59H,3-7,10-11,14-31H2,1-2H3,(H2,50,67)(H,53,64)(H,54,66)(H,58,65)(H4,51,52,55)/t32-,34+,35-,38-,39-,46-/m0/s1. The van der Waals surface area contributed by atoms with Crippen LogP contribution in [0.2, 0.25) is 0 Å². The Kier molecular flexibility index (Phi) is 32.1.